The Bertz CT molecular complexity index is 1390. The van der Waals surface area contributed by atoms with Gasteiger partial charge in [-0.3, -0.25) is 14.7 Å². The zero-order valence-electron chi connectivity index (χ0n) is 20.1. The van der Waals surface area contributed by atoms with Gasteiger partial charge in [0.25, 0.3) is 0 Å². The lowest BCUT2D eigenvalue weighted by Crippen LogP contribution is -2.31. The summed E-state index contributed by atoms with van der Waals surface area (Å²) in [7, 11) is 0. The lowest BCUT2D eigenvalue weighted by Gasteiger charge is -2.25. The minimum Gasteiger partial charge on any atom is -0.364 e. The molecule has 3 heterocycles. The SMILES string of the molecule is CC(C)CC(=O)CN1CCC(=O)Cc2ccc(-c3nccc(Cc4ccc5[nH]ncc5c4)n3)cc21. The number of benzene rings is 2. The van der Waals surface area contributed by atoms with Gasteiger partial charge in [-0.05, 0) is 41.3 Å². The molecule has 1 aliphatic heterocycles. The molecule has 7 nitrogen and oxygen atoms in total. The maximum Gasteiger partial charge on any atom is 0.159 e. The van der Waals surface area contributed by atoms with Gasteiger partial charge in [0.05, 0.1) is 18.3 Å². The molecule has 0 bridgehead atoms. The van der Waals surface area contributed by atoms with Crippen molar-refractivity contribution < 1.29 is 9.59 Å². The first kappa shape index (κ1) is 22.9. The van der Waals surface area contributed by atoms with Crippen molar-refractivity contribution in [2.24, 2.45) is 5.92 Å². The Morgan fingerprint density at radius 1 is 1.14 bits per heavy atom. The molecule has 2 aromatic heterocycles. The second-order valence-corrected chi connectivity index (χ2v) is 9.71. The van der Waals surface area contributed by atoms with Gasteiger partial charge < -0.3 is 4.90 Å². The summed E-state index contributed by atoms with van der Waals surface area (Å²) in [5, 5.41) is 8.14. The molecule has 0 amide bonds. The molecule has 7 heteroatoms. The molecule has 0 unspecified atom stereocenters. The van der Waals surface area contributed by atoms with Crippen LogP contribution >= 0.6 is 0 Å². The Balaban J connectivity index is 1.43. The fourth-order valence-electron chi connectivity index (χ4n) is 4.67. The topological polar surface area (TPSA) is 91.8 Å². The van der Waals surface area contributed by atoms with Crippen LogP contribution in [0.15, 0.2) is 54.9 Å². The predicted octanol–water partition coefficient (Wildman–Crippen LogP) is 4.55. The van der Waals surface area contributed by atoms with Gasteiger partial charge >= 0.3 is 0 Å². The molecule has 1 aliphatic rings. The van der Waals surface area contributed by atoms with Gasteiger partial charge in [-0.2, -0.15) is 5.10 Å². The molecule has 0 saturated heterocycles. The van der Waals surface area contributed by atoms with E-state index in [-0.39, 0.29) is 11.6 Å². The van der Waals surface area contributed by atoms with Crippen LogP contribution < -0.4 is 4.90 Å². The zero-order valence-corrected chi connectivity index (χ0v) is 20.1. The van der Waals surface area contributed by atoms with E-state index < -0.39 is 0 Å². The number of ketones is 2. The Labute approximate surface area is 204 Å². The first-order valence-corrected chi connectivity index (χ1v) is 12.1. The van der Waals surface area contributed by atoms with Crippen LogP contribution in [0.3, 0.4) is 0 Å². The smallest absolute Gasteiger partial charge is 0.159 e. The van der Waals surface area contributed by atoms with Crippen LogP contribution in [0.1, 0.15) is 43.5 Å². The largest absolute Gasteiger partial charge is 0.364 e. The molecule has 35 heavy (non-hydrogen) atoms. The number of aromatic nitrogens is 4. The third-order valence-electron chi connectivity index (χ3n) is 6.34. The maximum absolute atomic E-state index is 12.6. The number of fused-ring (bicyclic) bond motifs is 2. The maximum atomic E-state index is 12.6. The zero-order chi connectivity index (χ0) is 24.4. The first-order chi connectivity index (χ1) is 16.9. The first-order valence-electron chi connectivity index (χ1n) is 12.1. The number of hydrogen-bond donors (Lipinski definition) is 1. The number of rotatable bonds is 7. The van der Waals surface area contributed by atoms with Crippen molar-refractivity contribution in [1.82, 2.24) is 20.2 Å². The number of anilines is 1. The molecule has 4 aromatic rings. The van der Waals surface area contributed by atoms with Crippen LogP contribution in [0.2, 0.25) is 0 Å². The van der Waals surface area contributed by atoms with Crippen LogP contribution in [-0.2, 0) is 22.4 Å². The summed E-state index contributed by atoms with van der Waals surface area (Å²) in [4.78, 5) is 36.4. The van der Waals surface area contributed by atoms with E-state index in [0.717, 1.165) is 39.0 Å². The molecule has 0 aliphatic carbocycles. The summed E-state index contributed by atoms with van der Waals surface area (Å²) in [6, 6.07) is 14.1. The minimum absolute atomic E-state index is 0.193. The summed E-state index contributed by atoms with van der Waals surface area (Å²) in [5.74, 6) is 1.34. The Morgan fingerprint density at radius 3 is 2.89 bits per heavy atom. The molecule has 0 spiro atoms. The summed E-state index contributed by atoms with van der Waals surface area (Å²) in [6.07, 6.45) is 5.67. The van der Waals surface area contributed by atoms with Crippen LogP contribution in [-0.4, -0.2) is 44.8 Å². The average Bonchev–Trinajstić information content (AvgIpc) is 3.23. The highest BCUT2D eigenvalue weighted by molar-refractivity contribution is 5.89. The average molecular weight is 468 g/mol. The van der Waals surface area contributed by atoms with Crippen molar-refractivity contribution in [1.29, 1.82) is 0 Å². The number of H-pyrrole nitrogens is 1. The van der Waals surface area contributed by atoms with Gasteiger partial charge in [0.15, 0.2) is 11.6 Å². The van der Waals surface area contributed by atoms with Gasteiger partial charge in [-0.1, -0.05) is 32.0 Å². The molecule has 0 fully saturated rings. The Morgan fingerprint density at radius 2 is 2.03 bits per heavy atom. The summed E-state index contributed by atoms with van der Waals surface area (Å²) >= 11 is 0. The van der Waals surface area contributed by atoms with Gasteiger partial charge in [-0.25, -0.2) is 9.97 Å². The van der Waals surface area contributed by atoms with Gasteiger partial charge in [0.2, 0.25) is 0 Å². The molecular weight excluding hydrogens is 438 g/mol. The van der Waals surface area contributed by atoms with Crippen molar-refractivity contribution in [2.45, 2.75) is 39.5 Å². The molecule has 1 N–H and O–H groups in total. The molecule has 2 aromatic carbocycles. The summed E-state index contributed by atoms with van der Waals surface area (Å²) in [5.41, 5.74) is 5.86. The molecule has 0 atom stereocenters. The molecule has 0 saturated carbocycles. The van der Waals surface area contributed by atoms with E-state index in [1.165, 1.54) is 0 Å². The van der Waals surface area contributed by atoms with Crippen LogP contribution in [0, 0.1) is 5.92 Å². The molecule has 0 radical (unpaired) electrons. The van der Waals surface area contributed by atoms with Crippen molar-refractivity contribution in [3.63, 3.8) is 0 Å². The highest BCUT2D eigenvalue weighted by atomic mass is 16.1. The third-order valence-corrected chi connectivity index (χ3v) is 6.34. The number of carbonyl (C=O) groups is 2. The highest BCUT2D eigenvalue weighted by Gasteiger charge is 2.22. The van der Waals surface area contributed by atoms with Crippen LogP contribution in [0.5, 0.6) is 0 Å². The lowest BCUT2D eigenvalue weighted by atomic mass is 10.0. The van der Waals surface area contributed by atoms with Crippen molar-refractivity contribution in [3.8, 4) is 11.4 Å². The number of nitrogens with zero attached hydrogens (tertiary/aromatic N) is 4. The van der Waals surface area contributed by atoms with Gasteiger partial charge in [-0.15, -0.1) is 0 Å². The summed E-state index contributed by atoms with van der Waals surface area (Å²) < 4.78 is 0. The third kappa shape index (κ3) is 5.29. The standard InChI is InChI=1S/C28H29N5O2/c1-18(2)11-25(35)17-33-10-8-24(34)14-20-4-5-21(15-27(20)33)28-29-9-7-23(31-28)13-19-3-6-26-22(12-19)16-30-32-26/h3-7,9,12,15-16,18H,8,10-11,13-14,17H2,1-2H3,(H,30,32). The quantitative estimate of drug-likeness (QED) is 0.429. The fraction of sp³-hybridized carbons (Fsp3) is 0.321. The van der Waals surface area contributed by atoms with E-state index >= 15 is 0 Å². The van der Waals surface area contributed by atoms with E-state index in [2.05, 4.69) is 32.2 Å². The number of carbonyl (C=O) groups excluding carboxylic acids is 2. The second-order valence-electron chi connectivity index (χ2n) is 9.71. The predicted molar refractivity (Wildman–Crippen MR) is 136 cm³/mol. The number of nitrogens with one attached hydrogen (secondary N) is 1. The van der Waals surface area contributed by atoms with E-state index in [0.29, 0.717) is 50.5 Å². The van der Waals surface area contributed by atoms with Crippen molar-refractivity contribution in [2.75, 3.05) is 18.0 Å². The molecular formula is C28H29N5O2. The van der Waals surface area contributed by atoms with Crippen LogP contribution in [0.25, 0.3) is 22.3 Å². The van der Waals surface area contributed by atoms with Crippen LogP contribution in [0.4, 0.5) is 5.69 Å². The molecule has 5 rings (SSSR count). The van der Waals surface area contributed by atoms with Gasteiger partial charge in [0.1, 0.15) is 5.78 Å². The monoisotopic (exact) mass is 467 g/mol. The fourth-order valence-corrected chi connectivity index (χ4v) is 4.67. The van der Waals surface area contributed by atoms with E-state index in [1.54, 1.807) is 6.20 Å². The minimum atomic E-state index is 0.193. The number of hydrogen-bond acceptors (Lipinski definition) is 6. The van der Waals surface area contributed by atoms with Crippen molar-refractivity contribution >= 4 is 28.2 Å². The summed E-state index contributed by atoms with van der Waals surface area (Å²) in [6.45, 7) is 4.97. The Hall–Kier alpha value is -3.87. The van der Waals surface area contributed by atoms with Crippen molar-refractivity contribution in [3.05, 3.63) is 71.7 Å². The number of Topliss-reactive ketones (excluding diaryl/α,β-unsaturated/α-hetero) is 2. The van der Waals surface area contributed by atoms with Gasteiger partial charge in [0, 0.05) is 60.8 Å². The second kappa shape index (κ2) is 9.78. The van der Waals surface area contributed by atoms with E-state index in [4.69, 9.17) is 4.98 Å². The van der Waals surface area contributed by atoms with E-state index in [9.17, 15) is 9.59 Å². The Kier molecular flexibility index (Phi) is 6.40. The highest BCUT2D eigenvalue weighted by Crippen LogP contribution is 2.30. The number of aromatic amines is 1. The van der Waals surface area contributed by atoms with E-state index in [1.807, 2.05) is 50.4 Å². The normalized spacial score (nSPS) is 13.8. The lowest BCUT2D eigenvalue weighted by molar-refractivity contribution is -0.119. The molecule has 178 valence electrons.